The molecule has 2 rings (SSSR count). The number of hydrogen-bond donors (Lipinski definition) is 2. The molecule has 0 radical (unpaired) electrons. The van der Waals surface area contributed by atoms with Crippen LogP contribution < -0.4 is 5.73 Å². The van der Waals surface area contributed by atoms with Crippen LogP contribution in [0.1, 0.15) is 30.4 Å². The summed E-state index contributed by atoms with van der Waals surface area (Å²) >= 11 is 3.36. The summed E-state index contributed by atoms with van der Waals surface area (Å²) in [5, 5.41) is 9.58. The predicted molar refractivity (Wildman–Crippen MR) is 65.1 cm³/mol. The Kier molecular flexibility index (Phi) is 2.77. The van der Waals surface area contributed by atoms with Gasteiger partial charge in [0.05, 0.1) is 4.47 Å². The monoisotopic (exact) mass is 269 g/mol. The molecule has 82 valence electrons. The topological polar surface area (TPSA) is 46.2 Å². The Morgan fingerprint density at radius 2 is 2.13 bits per heavy atom. The van der Waals surface area contributed by atoms with Gasteiger partial charge in [-0.2, -0.15) is 0 Å². The molecule has 1 saturated carbocycles. The first-order valence-electron chi connectivity index (χ1n) is 5.29. The van der Waals surface area contributed by atoms with Crippen molar-refractivity contribution >= 4 is 15.9 Å². The second-order valence-electron chi connectivity index (χ2n) is 4.46. The number of phenols is 1. The van der Waals surface area contributed by atoms with Crippen molar-refractivity contribution in [2.45, 2.75) is 31.6 Å². The van der Waals surface area contributed by atoms with Gasteiger partial charge in [0.2, 0.25) is 0 Å². The third kappa shape index (κ3) is 1.68. The first-order valence-corrected chi connectivity index (χ1v) is 6.08. The fraction of sp³-hybridized carbons (Fsp3) is 0.500. The lowest BCUT2D eigenvalue weighted by atomic mass is 9.63. The van der Waals surface area contributed by atoms with E-state index in [1.807, 2.05) is 19.1 Å². The molecular weight excluding hydrogens is 254 g/mol. The maximum Gasteiger partial charge on any atom is 0.130 e. The average molecular weight is 270 g/mol. The third-order valence-electron chi connectivity index (χ3n) is 3.57. The molecule has 0 bridgehead atoms. The Bertz CT molecular complexity index is 380. The first-order chi connectivity index (χ1) is 7.09. The zero-order valence-electron chi connectivity index (χ0n) is 8.89. The molecule has 0 aromatic heterocycles. The van der Waals surface area contributed by atoms with Crippen molar-refractivity contribution in [1.29, 1.82) is 0 Å². The maximum atomic E-state index is 9.58. The second-order valence-corrected chi connectivity index (χ2v) is 5.31. The Morgan fingerprint density at radius 1 is 1.47 bits per heavy atom. The number of rotatable bonds is 2. The molecule has 3 heteroatoms. The van der Waals surface area contributed by atoms with Gasteiger partial charge in [-0.3, -0.25) is 0 Å². The number of benzene rings is 1. The smallest absolute Gasteiger partial charge is 0.130 e. The number of phenolic OH excluding ortho intramolecular Hbond substituents is 1. The molecule has 0 unspecified atom stereocenters. The normalized spacial score (nSPS) is 18.6. The Balaban J connectivity index is 2.47. The van der Waals surface area contributed by atoms with E-state index in [1.54, 1.807) is 0 Å². The Morgan fingerprint density at radius 3 is 2.60 bits per heavy atom. The molecule has 1 aromatic carbocycles. The first kappa shape index (κ1) is 11.0. The highest BCUT2D eigenvalue weighted by Crippen LogP contribution is 2.45. The van der Waals surface area contributed by atoms with Crippen molar-refractivity contribution in [3.05, 3.63) is 27.7 Å². The lowest BCUT2D eigenvalue weighted by Crippen LogP contribution is -2.42. The minimum Gasteiger partial charge on any atom is -0.507 e. The summed E-state index contributed by atoms with van der Waals surface area (Å²) in [4.78, 5) is 0. The van der Waals surface area contributed by atoms with Gasteiger partial charge in [-0.05, 0) is 59.0 Å². The van der Waals surface area contributed by atoms with Gasteiger partial charge in [0.25, 0.3) is 0 Å². The number of aryl methyl sites for hydroxylation is 1. The molecule has 0 spiro atoms. The lowest BCUT2D eigenvalue weighted by Gasteiger charge is -2.42. The van der Waals surface area contributed by atoms with E-state index in [9.17, 15) is 5.11 Å². The highest BCUT2D eigenvalue weighted by atomic mass is 79.9. The van der Waals surface area contributed by atoms with Crippen LogP contribution in [0.4, 0.5) is 0 Å². The Hall–Kier alpha value is -0.540. The molecule has 0 atom stereocenters. The van der Waals surface area contributed by atoms with Crippen molar-refractivity contribution in [3.63, 3.8) is 0 Å². The SMILES string of the molecule is Cc1cc(O)c(Br)cc1C1(CN)CCC1. The number of halogens is 1. The zero-order valence-corrected chi connectivity index (χ0v) is 10.5. The van der Waals surface area contributed by atoms with E-state index in [0.717, 1.165) is 10.0 Å². The van der Waals surface area contributed by atoms with Crippen molar-refractivity contribution in [2.24, 2.45) is 5.73 Å². The van der Waals surface area contributed by atoms with Crippen molar-refractivity contribution in [2.75, 3.05) is 6.54 Å². The fourth-order valence-corrected chi connectivity index (χ4v) is 2.77. The molecule has 15 heavy (non-hydrogen) atoms. The minimum atomic E-state index is 0.167. The summed E-state index contributed by atoms with van der Waals surface area (Å²) in [6.45, 7) is 2.74. The molecule has 0 aliphatic heterocycles. The van der Waals surface area contributed by atoms with E-state index < -0.39 is 0 Å². The van der Waals surface area contributed by atoms with E-state index in [-0.39, 0.29) is 5.41 Å². The summed E-state index contributed by atoms with van der Waals surface area (Å²) in [5.41, 5.74) is 8.48. The van der Waals surface area contributed by atoms with Crippen LogP contribution >= 0.6 is 15.9 Å². The van der Waals surface area contributed by atoms with Crippen molar-refractivity contribution in [3.8, 4) is 5.75 Å². The number of nitrogens with two attached hydrogens (primary N) is 1. The maximum absolute atomic E-state index is 9.58. The molecular formula is C12H16BrNO. The van der Waals surface area contributed by atoms with Gasteiger partial charge < -0.3 is 10.8 Å². The van der Waals surface area contributed by atoms with Crippen LogP contribution in [0.25, 0.3) is 0 Å². The predicted octanol–water partition coefficient (Wildman–Crippen LogP) is 2.84. The molecule has 3 N–H and O–H groups in total. The van der Waals surface area contributed by atoms with Gasteiger partial charge in [0.15, 0.2) is 0 Å². The van der Waals surface area contributed by atoms with Gasteiger partial charge in [-0.1, -0.05) is 6.42 Å². The van der Waals surface area contributed by atoms with E-state index in [1.165, 1.54) is 24.8 Å². The summed E-state index contributed by atoms with van der Waals surface area (Å²) in [5.74, 6) is 0.308. The van der Waals surface area contributed by atoms with Crippen LogP contribution in [-0.2, 0) is 5.41 Å². The second kappa shape index (κ2) is 3.80. The summed E-state index contributed by atoms with van der Waals surface area (Å²) < 4.78 is 0.767. The van der Waals surface area contributed by atoms with Gasteiger partial charge in [0.1, 0.15) is 5.75 Å². The Labute approximate surface area is 98.6 Å². The summed E-state index contributed by atoms with van der Waals surface area (Å²) in [6.07, 6.45) is 3.60. The van der Waals surface area contributed by atoms with Gasteiger partial charge in [-0.15, -0.1) is 0 Å². The highest BCUT2D eigenvalue weighted by Gasteiger charge is 2.38. The highest BCUT2D eigenvalue weighted by molar-refractivity contribution is 9.10. The van der Waals surface area contributed by atoms with Crippen molar-refractivity contribution < 1.29 is 5.11 Å². The van der Waals surface area contributed by atoms with E-state index >= 15 is 0 Å². The standard InChI is InChI=1S/C12H16BrNO/c1-8-5-11(15)10(13)6-9(8)12(7-14)3-2-4-12/h5-6,15H,2-4,7,14H2,1H3. The van der Waals surface area contributed by atoms with Crippen LogP contribution in [0.3, 0.4) is 0 Å². The van der Waals surface area contributed by atoms with Gasteiger partial charge >= 0.3 is 0 Å². The zero-order chi connectivity index (χ0) is 11.1. The molecule has 1 aromatic rings. The quantitative estimate of drug-likeness (QED) is 0.868. The van der Waals surface area contributed by atoms with E-state index in [2.05, 4.69) is 15.9 Å². The molecule has 1 aliphatic carbocycles. The third-order valence-corrected chi connectivity index (χ3v) is 4.20. The number of aromatic hydroxyl groups is 1. The molecule has 0 amide bonds. The van der Waals surface area contributed by atoms with E-state index in [0.29, 0.717) is 12.3 Å². The van der Waals surface area contributed by atoms with Crippen LogP contribution in [0.2, 0.25) is 0 Å². The van der Waals surface area contributed by atoms with Gasteiger partial charge in [0, 0.05) is 12.0 Å². The summed E-state index contributed by atoms with van der Waals surface area (Å²) in [7, 11) is 0. The van der Waals surface area contributed by atoms with Crippen LogP contribution in [0.5, 0.6) is 5.75 Å². The fourth-order valence-electron chi connectivity index (χ4n) is 2.42. The van der Waals surface area contributed by atoms with E-state index in [4.69, 9.17) is 5.73 Å². The molecule has 0 saturated heterocycles. The van der Waals surface area contributed by atoms with Crippen LogP contribution in [0, 0.1) is 6.92 Å². The summed E-state index contributed by atoms with van der Waals surface area (Å²) in [6, 6.07) is 3.84. The largest absolute Gasteiger partial charge is 0.507 e. The minimum absolute atomic E-state index is 0.167. The molecule has 0 heterocycles. The average Bonchev–Trinajstić information content (AvgIpc) is 2.12. The number of hydrogen-bond acceptors (Lipinski definition) is 2. The lowest BCUT2D eigenvalue weighted by molar-refractivity contribution is 0.251. The van der Waals surface area contributed by atoms with Crippen molar-refractivity contribution in [1.82, 2.24) is 0 Å². The molecule has 1 aliphatic rings. The molecule has 2 nitrogen and oxygen atoms in total. The van der Waals surface area contributed by atoms with Gasteiger partial charge in [-0.25, -0.2) is 0 Å². The van der Waals surface area contributed by atoms with Crippen LogP contribution in [-0.4, -0.2) is 11.7 Å². The van der Waals surface area contributed by atoms with Crippen LogP contribution in [0.15, 0.2) is 16.6 Å². The molecule has 1 fully saturated rings.